The number of aryl methyl sites for hydroxylation is 2. The van der Waals surface area contributed by atoms with Crippen molar-refractivity contribution in [3.05, 3.63) is 33.3 Å². The van der Waals surface area contributed by atoms with Gasteiger partial charge in [0.2, 0.25) is 0 Å². The van der Waals surface area contributed by atoms with Crippen molar-refractivity contribution in [2.75, 3.05) is 7.05 Å². The molecule has 0 spiro atoms. The lowest BCUT2D eigenvalue weighted by molar-refractivity contribution is 0.313. The fourth-order valence-corrected chi connectivity index (χ4v) is 3.21. The van der Waals surface area contributed by atoms with Gasteiger partial charge in [0.1, 0.15) is 11.0 Å². The summed E-state index contributed by atoms with van der Waals surface area (Å²) in [4.78, 5) is 16.6. The highest BCUT2D eigenvalue weighted by atomic mass is 35.5. The van der Waals surface area contributed by atoms with Gasteiger partial charge in [-0.05, 0) is 14.0 Å². The molecule has 0 radical (unpaired) electrons. The van der Waals surface area contributed by atoms with Crippen LogP contribution in [0.25, 0.3) is 11.0 Å². The van der Waals surface area contributed by atoms with Crippen LogP contribution in [-0.2, 0) is 20.1 Å². The predicted molar refractivity (Wildman–Crippen MR) is 83.3 cm³/mol. The van der Waals surface area contributed by atoms with Crippen LogP contribution in [0, 0.1) is 6.92 Å². The largest absolute Gasteiger partial charge is 0.294 e. The van der Waals surface area contributed by atoms with Crippen LogP contribution in [-0.4, -0.2) is 36.7 Å². The zero-order valence-electron chi connectivity index (χ0n) is 12.0. The average Bonchev–Trinajstić information content (AvgIpc) is 2.98. The van der Waals surface area contributed by atoms with Crippen molar-refractivity contribution in [3.8, 4) is 0 Å². The van der Waals surface area contributed by atoms with E-state index in [0.29, 0.717) is 17.5 Å². The monoisotopic (exact) mass is 322 g/mol. The molecule has 0 saturated carbocycles. The first-order valence-corrected chi connectivity index (χ1v) is 7.72. The molecule has 0 fully saturated rings. The molecule has 0 aromatic carbocycles. The van der Waals surface area contributed by atoms with Crippen molar-refractivity contribution in [2.24, 2.45) is 7.05 Å². The Bertz CT molecular complexity index is 780. The van der Waals surface area contributed by atoms with Crippen molar-refractivity contribution in [2.45, 2.75) is 20.0 Å². The number of nitrogens with zero attached hydrogens (tertiary/aromatic N) is 6. The summed E-state index contributed by atoms with van der Waals surface area (Å²) in [6.07, 6.45) is 1.69. The van der Waals surface area contributed by atoms with E-state index < -0.39 is 0 Å². The summed E-state index contributed by atoms with van der Waals surface area (Å²) in [5.74, 6) is 0.695. The minimum atomic E-state index is 0.450. The maximum atomic E-state index is 6.20. The maximum absolute atomic E-state index is 6.20. The fourth-order valence-electron chi connectivity index (χ4n) is 2.12. The lowest BCUT2D eigenvalue weighted by Gasteiger charge is -2.15. The molecule has 3 aromatic heterocycles. The standard InChI is InChI=1S/C13H15ClN6S/c1-8-10(21-7-15-8)5-19(2)6-11-17-12(14)9-4-16-20(3)13(9)18-11/h4,7H,5-6H2,1-3H3. The molecule has 0 unspecified atom stereocenters. The predicted octanol–water partition coefficient (Wildman–Crippen LogP) is 2.41. The topological polar surface area (TPSA) is 59.7 Å². The Morgan fingerprint density at radius 3 is 2.86 bits per heavy atom. The summed E-state index contributed by atoms with van der Waals surface area (Å²) in [7, 11) is 3.88. The van der Waals surface area contributed by atoms with Crippen LogP contribution >= 0.6 is 22.9 Å². The average molecular weight is 323 g/mol. The number of rotatable bonds is 4. The van der Waals surface area contributed by atoms with Crippen LogP contribution in [0.15, 0.2) is 11.7 Å². The zero-order valence-corrected chi connectivity index (χ0v) is 13.6. The molecule has 0 saturated heterocycles. The van der Waals surface area contributed by atoms with E-state index >= 15 is 0 Å². The van der Waals surface area contributed by atoms with Gasteiger partial charge in [0.25, 0.3) is 0 Å². The number of thiazole rings is 1. The maximum Gasteiger partial charge on any atom is 0.162 e. The molecule has 0 aliphatic rings. The fraction of sp³-hybridized carbons (Fsp3) is 0.385. The van der Waals surface area contributed by atoms with E-state index in [4.69, 9.17) is 11.6 Å². The summed E-state index contributed by atoms with van der Waals surface area (Å²) in [6, 6.07) is 0. The van der Waals surface area contributed by atoms with Crippen molar-refractivity contribution in [1.29, 1.82) is 0 Å². The van der Waals surface area contributed by atoms with Crippen LogP contribution < -0.4 is 0 Å². The van der Waals surface area contributed by atoms with Gasteiger partial charge in [-0.15, -0.1) is 11.3 Å². The molecule has 3 rings (SSSR count). The van der Waals surface area contributed by atoms with E-state index in [1.54, 1.807) is 22.2 Å². The third-order valence-corrected chi connectivity index (χ3v) is 4.47. The molecule has 6 nitrogen and oxygen atoms in total. The van der Waals surface area contributed by atoms with Gasteiger partial charge in [0, 0.05) is 18.5 Å². The van der Waals surface area contributed by atoms with Crippen LogP contribution in [0.2, 0.25) is 5.15 Å². The molecule has 21 heavy (non-hydrogen) atoms. The first-order valence-electron chi connectivity index (χ1n) is 6.46. The van der Waals surface area contributed by atoms with Gasteiger partial charge in [-0.1, -0.05) is 11.6 Å². The minimum Gasteiger partial charge on any atom is -0.294 e. The molecule has 0 aliphatic heterocycles. The van der Waals surface area contributed by atoms with Crippen molar-refractivity contribution in [3.63, 3.8) is 0 Å². The zero-order chi connectivity index (χ0) is 15.0. The van der Waals surface area contributed by atoms with Crippen LogP contribution in [0.3, 0.4) is 0 Å². The summed E-state index contributed by atoms with van der Waals surface area (Å²) in [5.41, 5.74) is 3.70. The summed E-state index contributed by atoms with van der Waals surface area (Å²) in [6.45, 7) is 3.47. The third kappa shape index (κ3) is 2.90. The first kappa shape index (κ1) is 14.4. The second-order valence-corrected chi connectivity index (χ2v) is 6.27. The molecule has 0 aliphatic carbocycles. The summed E-state index contributed by atoms with van der Waals surface area (Å²) < 4.78 is 1.71. The van der Waals surface area contributed by atoms with Gasteiger partial charge in [0.05, 0.1) is 29.3 Å². The van der Waals surface area contributed by atoms with Crippen molar-refractivity contribution < 1.29 is 0 Å². The van der Waals surface area contributed by atoms with Gasteiger partial charge in [-0.25, -0.2) is 15.0 Å². The van der Waals surface area contributed by atoms with E-state index in [-0.39, 0.29) is 0 Å². The first-order chi connectivity index (χ1) is 10.0. The Morgan fingerprint density at radius 2 is 2.14 bits per heavy atom. The molecule has 0 bridgehead atoms. The quantitative estimate of drug-likeness (QED) is 0.690. The van der Waals surface area contributed by atoms with Crippen LogP contribution in [0.1, 0.15) is 16.4 Å². The van der Waals surface area contributed by atoms with Crippen LogP contribution in [0.5, 0.6) is 0 Å². The number of hydrogen-bond acceptors (Lipinski definition) is 6. The van der Waals surface area contributed by atoms with E-state index in [1.165, 1.54) is 4.88 Å². The Balaban J connectivity index is 1.81. The SMILES string of the molecule is Cc1ncsc1CN(C)Cc1nc(Cl)c2cnn(C)c2n1. The van der Waals surface area contributed by atoms with E-state index in [2.05, 4.69) is 25.0 Å². The Hall–Kier alpha value is -1.57. The number of hydrogen-bond donors (Lipinski definition) is 0. The summed E-state index contributed by atoms with van der Waals surface area (Å²) in [5, 5.41) is 5.39. The number of fused-ring (bicyclic) bond motifs is 1. The second kappa shape index (κ2) is 5.67. The number of aromatic nitrogens is 5. The highest BCUT2D eigenvalue weighted by Gasteiger charge is 2.12. The third-order valence-electron chi connectivity index (χ3n) is 3.26. The van der Waals surface area contributed by atoms with E-state index in [9.17, 15) is 0 Å². The lowest BCUT2D eigenvalue weighted by Crippen LogP contribution is -2.19. The van der Waals surface area contributed by atoms with Gasteiger partial charge in [-0.3, -0.25) is 9.58 Å². The second-order valence-electron chi connectivity index (χ2n) is 4.97. The Kier molecular flexibility index (Phi) is 3.88. The van der Waals surface area contributed by atoms with E-state index in [1.807, 2.05) is 26.5 Å². The minimum absolute atomic E-state index is 0.450. The molecule has 0 N–H and O–H groups in total. The summed E-state index contributed by atoms with van der Waals surface area (Å²) >= 11 is 7.86. The molecule has 0 amide bonds. The smallest absolute Gasteiger partial charge is 0.162 e. The van der Waals surface area contributed by atoms with Gasteiger partial charge in [-0.2, -0.15) is 5.10 Å². The molecule has 8 heteroatoms. The molecule has 0 atom stereocenters. The molecule has 3 aromatic rings. The Labute approximate surface area is 131 Å². The van der Waals surface area contributed by atoms with Gasteiger partial charge in [0.15, 0.2) is 5.65 Å². The molecule has 3 heterocycles. The van der Waals surface area contributed by atoms with Crippen molar-refractivity contribution in [1.82, 2.24) is 29.6 Å². The van der Waals surface area contributed by atoms with Gasteiger partial charge >= 0.3 is 0 Å². The van der Waals surface area contributed by atoms with Crippen LogP contribution in [0.4, 0.5) is 0 Å². The van der Waals surface area contributed by atoms with Gasteiger partial charge < -0.3 is 0 Å². The molecule has 110 valence electrons. The number of halogens is 1. The van der Waals surface area contributed by atoms with E-state index in [0.717, 1.165) is 23.3 Å². The molecular formula is C13H15ClN6S. The molecular weight excluding hydrogens is 308 g/mol. The highest BCUT2D eigenvalue weighted by molar-refractivity contribution is 7.09. The highest BCUT2D eigenvalue weighted by Crippen LogP contribution is 2.20. The van der Waals surface area contributed by atoms with Crippen molar-refractivity contribution >= 4 is 34.0 Å². The Morgan fingerprint density at radius 1 is 1.33 bits per heavy atom. The lowest BCUT2D eigenvalue weighted by atomic mass is 10.3. The normalized spacial score (nSPS) is 11.7.